The molecule has 198 valence electrons. The summed E-state index contributed by atoms with van der Waals surface area (Å²) >= 11 is 0. The molecule has 2 aliphatic rings. The molecular weight excluding hydrogens is 500 g/mol. The maximum atomic E-state index is 13.0. The van der Waals surface area contributed by atoms with Crippen molar-refractivity contribution in [1.82, 2.24) is 4.57 Å². The number of aromatic nitrogens is 1. The molecule has 1 aliphatic carbocycles. The van der Waals surface area contributed by atoms with E-state index in [1.165, 1.54) is 55.9 Å². The fraction of sp³-hybridized carbons (Fsp3) is 0.132. The molecule has 5 aromatic carbocycles. The van der Waals surface area contributed by atoms with Gasteiger partial charge in [0.1, 0.15) is 0 Å². The third kappa shape index (κ3) is 3.06. The van der Waals surface area contributed by atoms with Crippen LogP contribution in [0.4, 0.5) is 17.1 Å². The Morgan fingerprint density at radius 1 is 0.585 bits per heavy atom. The Balaban J connectivity index is 1.51. The van der Waals surface area contributed by atoms with E-state index in [-0.39, 0.29) is 5.56 Å². The lowest BCUT2D eigenvalue weighted by atomic mass is 9.64. The van der Waals surface area contributed by atoms with Crippen molar-refractivity contribution in [1.29, 1.82) is 0 Å². The summed E-state index contributed by atoms with van der Waals surface area (Å²) in [5.41, 5.74) is 14.4. The quantitative estimate of drug-likeness (QED) is 0.212. The van der Waals surface area contributed by atoms with Crippen LogP contribution >= 0.6 is 0 Å². The van der Waals surface area contributed by atoms with E-state index < -0.39 is 5.41 Å². The molecular formula is C38H30N2O. The van der Waals surface area contributed by atoms with E-state index in [0.717, 1.165) is 22.0 Å². The van der Waals surface area contributed by atoms with E-state index in [1.54, 1.807) is 4.57 Å². The van der Waals surface area contributed by atoms with Crippen molar-refractivity contribution < 1.29 is 0 Å². The van der Waals surface area contributed by atoms with E-state index >= 15 is 0 Å². The molecule has 0 atom stereocenters. The van der Waals surface area contributed by atoms with Gasteiger partial charge in [0.25, 0.3) is 5.56 Å². The summed E-state index contributed by atoms with van der Waals surface area (Å²) in [5, 5.41) is 1.74. The highest BCUT2D eigenvalue weighted by molar-refractivity contribution is 5.98. The Hall–Kier alpha value is -4.89. The van der Waals surface area contributed by atoms with Crippen molar-refractivity contribution in [2.45, 2.75) is 26.2 Å². The summed E-state index contributed by atoms with van der Waals surface area (Å²) in [6.45, 7) is 6.45. The number of anilines is 3. The fourth-order valence-electron chi connectivity index (χ4n) is 7.45. The standard InChI is InChI=1S/C38H30N2O/c1-23-13-17-35-33(19-23)38(31-11-7-5-9-27(31)28-10-6-8-12-32(28)38)34-20-24(2)14-18-36(34)40(35)26-15-16-29-30(21-26)25(3)22-39(4)37(29)41/h5-22H,1-4H3. The van der Waals surface area contributed by atoms with Crippen LogP contribution in [0.25, 0.3) is 21.9 Å². The van der Waals surface area contributed by atoms with Gasteiger partial charge in [-0.15, -0.1) is 0 Å². The van der Waals surface area contributed by atoms with Crippen molar-refractivity contribution in [2.75, 3.05) is 4.90 Å². The molecule has 0 saturated carbocycles. The minimum Gasteiger partial charge on any atom is -0.318 e. The zero-order valence-electron chi connectivity index (χ0n) is 23.7. The lowest BCUT2D eigenvalue weighted by Gasteiger charge is -2.45. The first kappa shape index (κ1) is 24.0. The van der Waals surface area contributed by atoms with Gasteiger partial charge >= 0.3 is 0 Å². The van der Waals surface area contributed by atoms with Crippen molar-refractivity contribution in [3.63, 3.8) is 0 Å². The lowest BCUT2D eigenvalue weighted by Crippen LogP contribution is -2.36. The van der Waals surface area contributed by atoms with Gasteiger partial charge < -0.3 is 9.47 Å². The minimum absolute atomic E-state index is 0.0287. The molecule has 2 heterocycles. The number of aryl methyl sites for hydroxylation is 4. The molecule has 3 heteroatoms. The molecule has 1 aromatic heterocycles. The average molecular weight is 531 g/mol. The number of hydrogen-bond acceptors (Lipinski definition) is 2. The summed E-state index contributed by atoms with van der Waals surface area (Å²) in [6.07, 6.45) is 1.93. The molecule has 3 nitrogen and oxygen atoms in total. The van der Waals surface area contributed by atoms with Gasteiger partial charge in [0.05, 0.1) is 16.8 Å². The monoisotopic (exact) mass is 530 g/mol. The van der Waals surface area contributed by atoms with Crippen molar-refractivity contribution >= 4 is 27.8 Å². The van der Waals surface area contributed by atoms with Crippen LogP contribution in [0.3, 0.4) is 0 Å². The maximum absolute atomic E-state index is 13.0. The molecule has 8 rings (SSSR count). The second-order valence-corrected chi connectivity index (χ2v) is 11.7. The Morgan fingerprint density at radius 2 is 1.15 bits per heavy atom. The molecule has 0 saturated heterocycles. The largest absolute Gasteiger partial charge is 0.318 e. The van der Waals surface area contributed by atoms with Crippen LogP contribution in [0.1, 0.15) is 38.9 Å². The van der Waals surface area contributed by atoms with Gasteiger partial charge in [-0.2, -0.15) is 0 Å². The van der Waals surface area contributed by atoms with Crippen molar-refractivity contribution in [2.24, 2.45) is 7.05 Å². The SMILES string of the molecule is Cc1ccc2c(c1)C1(c3ccccc3-c3ccccc31)c1cc(C)ccc1N2c1ccc2c(=O)n(C)cc(C)c2c1. The Labute approximate surface area is 240 Å². The van der Waals surface area contributed by atoms with E-state index in [4.69, 9.17) is 0 Å². The van der Waals surface area contributed by atoms with Gasteiger partial charge in [0, 0.05) is 24.3 Å². The molecule has 1 aliphatic heterocycles. The summed E-state index contributed by atoms with van der Waals surface area (Å²) in [6, 6.07) is 37.9. The van der Waals surface area contributed by atoms with E-state index in [0.29, 0.717) is 0 Å². The number of fused-ring (bicyclic) bond motifs is 10. The Morgan fingerprint density at radius 3 is 1.73 bits per heavy atom. The number of hydrogen-bond donors (Lipinski definition) is 0. The summed E-state index contributed by atoms with van der Waals surface area (Å²) in [4.78, 5) is 15.4. The van der Waals surface area contributed by atoms with Crippen molar-refractivity contribution in [3.8, 4) is 11.1 Å². The Bertz CT molecular complexity index is 2030. The molecule has 0 fully saturated rings. The second kappa shape index (κ2) is 8.31. The predicted molar refractivity (Wildman–Crippen MR) is 169 cm³/mol. The van der Waals surface area contributed by atoms with Crippen molar-refractivity contribution in [3.05, 3.63) is 159 Å². The molecule has 0 amide bonds. The summed E-state index contributed by atoms with van der Waals surface area (Å²) in [5.74, 6) is 0. The number of pyridine rings is 1. The van der Waals surface area contributed by atoms with Crippen LogP contribution in [0.5, 0.6) is 0 Å². The maximum Gasteiger partial charge on any atom is 0.258 e. The molecule has 0 unspecified atom stereocenters. The highest BCUT2D eigenvalue weighted by atomic mass is 16.1. The number of rotatable bonds is 1. The molecule has 41 heavy (non-hydrogen) atoms. The van der Waals surface area contributed by atoms with Crippen LogP contribution in [0.2, 0.25) is 0 Å². The summed E-state index contributed by atoms with van der Waals surface area (Å²) in [7, 11) is 1.82. The van der Waals surface area contributed by atoms with E-state index in [2.05, 4.69) is 123 Å². The molecule has 0 N–H and O–H groups in total. The van der Waals surface area contributed by atoms with Gasteiger partial charge in [-0.3, -0.25) is 4.79 Å². The lowest BCUT2D eigenvalue weighted by molar-refractivity contribution is 0.750. The third-order valence-corrected chi connectivity index (χ3v) is 9.17. The predicted octanol–water partition coefficient (Wildman–Crippen LogP) is 8.61. The first-order valence-electron chi connectivity index (χ1n) is 14.2. The fourth-order valence-corrected chi connectivity index (χ4v) is 7.45. The highest BCUT2D eigenvalue weighted by Crippen LogP contribution is 2.63. The second-order valence-electron chi connectivity index (χ2n) is 11.7. The van der Waals surface area contributed by atoms with Crippen LogP contribution in [-0.2, 0) is 12.5 Å². The molecule has 1 spiro atoms. The molecule has 0 radical (unpaired) electrons. The zero-order valence-corrected chi connectivity index (χ0v) is 23.7. The number of benzene rings is 5. The summed E-state index contributed by atoms with van der Waals surface area (Å²) < 4.78 is 1.67. The molecule has 0 bridgehead atoms. The van der Waals surface area contributed by atoms with E-state index in [9.17, 15) is 4.79 Å². The minimum atomic E-state index is -0.435. The zero-order chi connectivity index (χ0) is 28.0. The topological polar surface area (TPSA) is 25.2 Å². The smallest absolute Gasteiger partial charge is 0.258 e. The first-order valence-corrected chi connectivity index (χ1v) is 14.2. The first-order chi connectivity index (χ1) is 19.9. The van der Waals surface area contributed by atoms with Gasteiger partial charge in [0.15, 0.2) is 0 Å². The number of nitrogens with zero attached hydrogens (tertiary/aromatic N) is 2. The van der Waals surface area contributed by atoms with Gasteiger partial charge in [-0.1, -0.05) is 83.9 Å². The van der Waals surface area contributed by atoms with Gasteiger partial charge in [-0.05, 0) is 95.4 Å². The van der Waals surface area contributed by atoms with Crippen LogP contribution in [0.15, 0.2) is 114 Å². The Kier molecular flexibility index (Phi) is 4.85. The van der Waals surface area contributed by atoms with Crippen LogP contribution in [-0.4, -0.2) is 4.57 Å². The normalized spacial score (nSPS) is 14.1. The third-order valence-electron chi connectivity index (χ3n) is 9.17. The average Bonchev–Trinajstić information content (AvgIpc) is 3.28. The van der Waals surface area contributed by atoms with E-state index in [1.807, 2.05) is 19.3 Å². The van der Waals surface area contributed by atoms with Gasteiger partial charge in [0.2, 0.25) is 0 Å². The van der Waals surface area contributed by atoms with Gasteiger partial charge in [-0.25, -0.2) is 0 Å². The molecule has 6 aromatic rings. The van der Waals surface area contributed by atoms with Crippen LogP contribution < -0.4 is 10.5 Å². The highest BCUT2D eigenvalue weighted by Gasteiger charge is 2.51. The van der Waals surface area contributed by atoms with Crippen LogP contribution in [0, 0.1) is 20.8 Å².